The molecule has 3 aromatic rings. The summed E-state index contributed by atoms with van der Waals surface area (Å²) in [5, 5.41) is 3.92. The molecule has 1 amide bonds. The Labute approximate surface area is 157 Å². The molecular formula is C21H21FN4O. The fourth-order valence-corrected chi connectivity index (χ4v) is 3.46. The zero-order chi connectivity index (χ0) is 18.6. The molecule has 4 rings (SSSR count). The Morgan fingerprint density at radius 1 is 1.00 bits per heavy atom. The number of fused-ring (bicyclic) bond motifs is 1. The van der Waals surface area contributed by atoms with Crippen LogP contribution in [-0.2, 0) is 4.79 Å². The highest BCUT2D eigenvalue weighted by molar-refractivity contribution is 6.01. The number of pyridine rings is 1. The molecule has 0 saturated carbocycles. The van der Waals surface area contributed by atoms with Crippen LogP contribution in [0.25, 0.3) is 10.9 Å². The summed E-state index contributed by atoms with van der Waals surface area (Å²) in [6.07, 6.45) is 1.74. The van der Waals surface area contributed by atoms with Gasteiger partial charge < -0.3 is 10.2 Å². The zero-order valence-corrected chi connectivity index (χ0v) is 14.9. The van der Waals surface area contributed by atoms with Crippen molar-refractivity contribution >= 4 is 28.2 Å². The Balaban J connectivity index is 1.35. The topological polar surface area (TPSA) is 48.5 Å². The second-order valence-electron chi connectivity index (χ2n) is 6.64. The summed E-state index contributed by atoms with van der Waals surface area (Å²) in [5.41, 5.74) is 2.26. The fraction of sp³-hybridized carbons (Fsp3) is 0.238. The molecule has 1 aromatic heterocycles. The first-order valence-corrected chi connectivity index (χ1v) is 9.06. The number of hydrogen-bond donors (Lipinski definition) is 1. The van der Waals surface area contributed by atoms with Crippen LogP contribution >= 0.6 is 0 Å². The van der Waals surface area contributed by atoms with Crippen LogP contribution in [-0.4, -0.2) is 48.5 Å². The first-order chi connectivity index (χ1) is 13.2. The maximum absolute atomic E-state index is 13.9. The molecule has 0 unspecified atom stereocenters. The van der Waals surface area contributed by atoms with Crippen molar-refractivity contribution in [1.29, 1.82) is 0 Å². The van der Waals surface area contributed by atoms with E-state index >= 15 is 0 Å². The lowest BCUT2D eigenvalue weighted by Gasteiger charge is -2.35. The summed E-state index contributed by atoms with van der Waals surface area (Å²) in [7, 11) is 0. The van der Waals surface area contributed by atoms with Crippen molar-refractivity contribution < 1.29 is 9.18 Å². The maximum Gasteiger partial charge on any atom is 0.238 e. The molecule has 0 aliphatic carbocycles. The molecule has 0 atom stereocenters. The smallest absolute Gasteiger partial charge is 0.238 e. The van der Waals surface area contributed by atoms with E-state index in [1.807, 2.05) is 41.3 Å². The van der Waals surface area contributed by atoms with E-state index in [2.05, 4.69) is 15.2 Å². The number of carbonyl (C=O) groups is 1. The fourth-order valence-electron chi connectivity index (χ4n) is 3.46. The number of halogens is 1. The molecule has 27 heavy (non-hydrogen) atoms. The number of piperazine rings is 1. The lowest BCUT2D eigenvalue weighted by molar-refractivity contribution is -0.117. The molecular weight excluding hydrogens is 343 g/mol. The van der Waals surface area contributed by atoms with E-state index in [4.69, 9.17) is 0 Å². The Kier molecular flexibility index (Phi) is 4.98. The largest absolute Gasteiger partial charge is 0.367 e. The average molecular weight is 364 g/mol. The number of hydrogen-bond acceptors (Lipinski definition) is 4. The molecule has 2 heterocycles. The Morgan fingerprint density at radius 2 is 1.81 bits per heavy atom. The number of benzene rings is 2. The third kappa shape index (κ3) is 3.90. The highest BCUT2D eigenvalue weighted by Crippen LogP contribution is 2.22. The molecule has 1 fully saturated rings. The number of aromatic nitrogens is 1. The number of nitrogens with one attached hydrogen (secondary N) is 1. The van der Waals surface area contributed by atoms with Crippen LogP contribution in [0.2, 0.25) is 0 Å². The summed E-state index contributed by atoms with van der Waals surface area (Å²) < 4.78 is 13.9. The predicted octanol–water partition coefficient (Wildman–Crippen LogP) is 3.13. The molecule has 6 heteroatoms. The van der Waals surface area contributed by atoms with Crippen LogP contribution in [0.4, 0.5) is 15.8 Å². The third-order valence-corrected chi connectivity index (χ3v) is 4.85. The van der Waals surface area contributed by atoms with Gasteiger partial charge in [0, 0.05) is 37.8 Å². The molecule has 1 saturated heterocycles. The van der Waals surface area contributed by atoms with Crippen LogP contribution < -0.4 is 10.2 Å². The summed E-state index contributed by atoms with van der Waals surface area (Å²) in [4.78, 5) is 20.9. The molecule has 0 radical (unpaired) electrons. The van der Waals surface area contributed by atoms with Crippen LogP contribution in [0.15, 0.2) is 60.8 Å². The van der Waals surface area contributed by atoms with E-state index in [9.17, 15) is 9.18 Å². The van der Waals surface area contributed by atoms with Gasteiger partial charge in [-0.05, 0) is 36.4 Å². The lowest BCUT2D eigenvalue weighted by Crippen LogP contribution is -2.48. The Morgan fingerprint density at radius 3 is 2.63 bits per heavy atom. The molecule has 2 aromatic carbocycles. The van der Waals surface area contributed by atoms with E-state index in [-0.39, 0.29) is 11.7 Å². The predicted molar refractivity (Wildman–Crippen MR) is 105 cm³/mol. The number of nitrogens with zero attached hydrogens (tertiary/aromatic N) is 3. The van der Waals surface area contributed by atoms with Crippen molar-refractivity contribution in [3.63, 3.8) is 0 Å². The second-order valence-corrected chi connectivity index (χ2v) is 6.64. The van der Waals surface area contributed by atoms with E-state index < -0.39 is 0 Å². The molecule has 1 N–H and O–H groups in total. The summed E-state index contributed by atoms with van der Waals surface area (Å²) >= 11 is 0. The van der Waals surface area contributed by atoms with Crippen molar-refractivity contribution in [2.45, 2.75) is 0 Å². The normalized spacial score (nSPS) is 15.1. The summed E-state index contributed by atoms with van der Waals surface area (Å²) in [5.74, 6) is -0.251. The minimum atomic E-state index is -0.201. The summed E-state index contributed by atoms with van der Waals surface area (Å²) in [6.45, 7) is 3.16. The van der Waals surface area contributed by atoms with Gasteiger partial charge in [-0.1, -0.05) is 18.2 Å². The quantitative estimate of drug-likeness (QED) is 0.773. The molecule has 1 aliphatic rings. The first-order valence-electron chi connectivity index (χ1n) is 9.06. The van der Waals surface area contributed by atoms with Crippen LogP contribution in [0.1, 0.15) is 0 Å². The van der Waals surface area contributed by atoms with Crippen molar-refractivity contribution in [2.75, 3.05) is 42.9 Å². The molecule has 0 bridgehead atoms. The first kappa shape index (κ1) is 17.4. The number of para-hydroxylation sites is 1. The van der Waals surface area contributed by atoms with E-state index in [0.29, 0.717) is 25.3 Å². The van der Waals surface area contributed by atoms with Gasteiger partial charge in [-0.2, -0.15) is 0 Å². The van der Waals surface area contributed by atoms with Gasteiger partial charge in [0.1, 0.15) is 5.82 Å². The van der Waals surface area contributed by atoms with E-state index in [1.54, 1.807) is 18.3 Å². The number of amides is 1. The van der Waals surface area contributed by atoms with Crippen molar-refractivity contribution in [3.8, 4) is 0 Å². The average Bonchev–Trinajstić information content (AvgIpc) is 2.69. The van der Waals surface area contributed by atoms with Crippen molar-refractivity contribution in [3.05, 3.63) is 66.6 Å². The standard InChI is InChI=1S/C21H21FN4O/c22-17-6-1-2-9-20(17)26-13-11-25(12-14-26)15-21(27)24-19-8-3-7-18-16(19)5-4-10-23-18/h1-10H,11-15H2,(H,24,27). The van der Waals surface area contributed by atoms with Crippen LogP contribution in [0.3, 0.4) is 0 Å². The highest BCUT2D eigenvalue weighted by atomic mass is 19.1. The number of rotatable bonds is 4. The third-order valence-electron chi connectivity index (χ3n) is 4.85. The Bertz CT molecular complexity index is 948. The lowest BCUT2D eigenvalue weighted by atomic mass is 10.2. The highest BCUT2D eigenvalue weighted by Gasteiger charge is 2.21. The van der Waals surface area contributed by atoms with Gasteiger partial charge in [-0.15, -0.1) is 0 Å². The van der Waals surface area contributed by atoms with Gasteiger partial charge in [0.15, 0.2) is 0 Å². The van der Waals surface area contributed by atoms with E-state index in [1.165, 1.54) is 6.07 Å². The van der Waals surface area contributed by atoms with Crippen LogP contribution in [0, 0.1) is 5.82 Å². The van der Waals surface area contributed by atoms with Gasteiger partial charge in [0.05, 0.1) is 23.4 Å². The number of carbonyl (C=O) groups excluding carboxylic acids is 1. The van der Waals surface area contributed by atoms with Gasteiger partial charge in [-0.3, -0.25) is 14.7 Å². The monoisotopic (exact) mass is 364 g/mol. The molecule has 138 valence electrons. The van der Waals surface area contributed by atoms with Gasteiger partial charge >= 0.3 is 0 Å². The summed E-state index contributed by atoms with van der Waals surface area (Å²) in [6, 6.07) is 16.3. The van der Waals surface area contributed by atoms with Gasteiger partial charge in [0.2, 0.25) is 5.91 Å². The van der Waals surface area contributed by atoms with Gasteiger partial charge in [-0.25, -0.2) is 4.39 Å². The molecule has 5 nitrogen and oxygen atoms in total. The molecule has 1 aliphatic heterocycles. The van der Waals surface area contributed by atoms with Crippen molar-refractivity contribution in [2.24, 2.45) is 0 Å². The van der Waals surface area contributed by atoms with Gasteiger partial charge in [0.25, 0.3) is 0 Å². The molecule has 0 spiro atoms. The minimum absolute atomic E-state index is 0.0503. The van der Waals surface area contributed by atoms with Crippen LogP contribution in [0.5, 0.6) is 0 Å². The maximum atomic E-state index is 13.9. The Hall–Kier alpha value is -2.99. The van der Waals surface area contributed by atoms with E-state index in [0.717, 1.165) is 29.7 Å². The zero-order valence-electron chi connectivity index (χ0n) is 14.9. The SMILES string of the molecule is O=C(CN1CCN(c2ccccc2F)CC1)Nc1cccc2ncccc12. The van der Waals surface area contributed by atoms with Crippen molar-refractivity contribution in [1.82, 2.24) is 9.88 Å². The second kappa shape index (κ2) is 7.72. The minimum Gasteiger partial charge on any atom is -0.367 e. The number of anilines is 2.